The molecule has 0 saturated heterocycles. The number of anilines is 1. The van der Waals surface area contributed by atoms with Crippen molar-refractivity contribution < 1.29 is 14.0 Å². The van der Waals surface area contributed by atoms with Gasteiger partial charge < -0.3 is 15.2 Å². The number of hydrogen-bond donors (Lipinski definition) is 2. The van der Waals surface area contributed by atoms with Crippen LogP contribution in [-0.2, 0) is 11.3 Å². The van der Waals surface area contributed by atoms with Crippen LogP contribution in [0.3, 0.4) is 0 Å². The molecule has 0 bridgehead atoms. The van der Waals surface area contributed by atoms with Crippen molar-refractivity contribution in [1.82, 2.24) is 20.1 Å². The number of benzene rings is 2. The normalized spacial score (nSPS) is 11.6. The molecule has 1 heterocycles. The van der Waals surface area contributed by atoms with Crippen molar-refractivity contribution in [3.8, 4) is 0 Å². The van der Waals surface area contributed by atoms with Gasteiger partial charge in [-0.2, -0.15) is 0 Å². The Balaban J connectivity index is 1.67. The summed E-state index contributed by atoms with van der Waals surface area (Å²) < 4.78 is 16.6. The topological polar surface area (TPSA) is 88.9 Å². The summed E-state index contributed by atoms with van der Waals surface area (Å²) >= 11 is 4.57. The van der Waals surface area contributed by atoms with Gasteiger partial charge in [-0.25, -0.2) is 4.39 Å². The molecule has 166 valence electrons. The predicted octanol–water partition coefficient (Wildman–Crippen LogP) is 4.59. The number of amides is 2. The highest BCUT2D eigenvalue weighted by atomic mass is 79.9. The minimum absolute atomic E-state index is 0.0478. The van der Waals surface area contributed by atoms with Gasteiger partial charge in [0.25, 0.3) is 5.91 Å². The lowest BCUT2D eigenvalue weighted by molar-refractivity contribution is -0.113. The molecule has 0 aliphatic carbocycles. The van der Waals surface area contributed by atoms with Crippen LogP contribution in [0, 0.1) is 5.82 Å². The monoisotopic (exact) mass is 517 g/mol. The maximum atomic E-state index is 13.9. The van der Waals surface area contributed by atoms with Crippen LogP contribution in [0.5, 0.6) is 0 Å². The third kappa shape index (κ3) is 6.04. The summed E-state index contributed by atoms with van der Waals surface area (Å²) in [6.07, 6.45) is 1.67. The summed E-state index contributed by atoms with van der Waals surface area (Å²) in [5.41, 5.74) is 0.643. The van der Waals surface area contributed by atoms with Crippen molar-refractivity contribution in [2.45, 2.75) is 24.7 Å². The van der Waals surface area contributed by atoms with Gasteiger partial charge in [0.1, 0.15) is 5.82 Å². The summed E-state index contributed by atoms with van der Waals surface area (Å²) in [6.45, 7) is 5.87. The quantitative estimate of drug-likeness (QED) is 0.320. The smallest absolute Gasteiger partial charge is 0.254 e. The molecular weight excluding hydrogens is 497 g/mol. The number of carbonyl (C=O) groups excluding carboxylic acids is 2. The fourth-order valence-corrected chi connectivity index (χ4v) is 3.89. The maximum Gasteiger partial charge on any atom is 0.254 e. The van der Waals surface area contributed by atoms with E-state index in [0.717, 1.165) is 4.47 Å². The van der Waals surface area contributed by atoms with Crippen LogP contribution >= 0.6 is 27.7 Å². The zero-order valence-electron chi connectivity index (χ0n) is 17.2. The molecule has 32 heavy (non-hydrogen) atoms. The maximum absolute atomic E-state index is 13.9. The van der Waals surface area contributed by atoms with Crippen LogP contribution in [0.25, 0.3) is 0 Å². The highest BCUT2D eigenvalue weighted by Crippen LogP contribution is 2.22. The summed E-state index contributed by atoms with van der Waals surface area (Å²) in [5.74, 6) is -0.732. The number of thioether (sulfide) groups is 1. The van der Waals surface area contributed by atoms with Crippen LogP contribution in [-0.4, -0.2) is 32.3 Å². The van der Waals surface area contributed by atoms with Crippen molar-refractivity contribution in [3.63, 3.8) is 0 Å². The van der Waals surface area contributed by atoms with Crippen molar-refractivity contribution in [1.29, 1.82) is 0 Å². The molecule has 0 spiro atoms. The second-order valence-electron chi connectivity index (χ2n) is 6.76. The van der Waals surface area contributed by atoms with E-state index in [1.54, 1.807) is 35.8 Å². The first-order valence-electron chi connectivity index (χ1n) is 9.66. The van der Waals surface area contributed by atoms with Crippen molar-refractivity contribution in [3.05, 3.63) is 82.9 Å². The number of rotatable bonds is 9. The molecule has 0 fully saturated rings. The third-order valence-corrected chi connectivity index (χ3v) is 5.87. The molecule has 0 unspecified atom stereocenters. The molecule has 1 atom stereocenters. The van der Waals surface area contributed by atoms with Crippen LogP contribution in [0.15, 0.2) is 70.8 Å². The zero-order chi connectivity index (χ0) is 23.1. The summed E-state index contributed by atoms with van der Waals surface area (Å²) in [5, 5.41) is 14.4. The third-order valence-electron chi connectivity index (χ3n) is 4.37. The standard InChI is InChI=1S/C22H21BrFN5O2S/c1-3-12-29-20(14(2)25-21(31)17-6-4-5-7-18(17)24)27-28-22(29)32-13-19(30)26-16-10-8-15(23)9-11-16/h3-11,14H,1,12-13H2,2H3,(H,25,31)(H,26,30)/t14-/m0/s1. The van der Waals surface area contributed by atoms with E-state index in [2.05, 4.69) is 43.3 Å². The molecule has 2 amide bonds. The molecule has 3 aromatic rings. The molecule has 7 nitrogen and oxygen atoms in total. The van der Waals surface area contributed by atoms with E-state index in [4.69, 9.17) is 0 Å². The molecule has 3 rings (SSSR count). The van der Waals surface area contributed by atoms with Crippen molar-refractivity contribution in [2.24, 2.45) is 0 Å². The minimum Gasteiger partial charge on any atom is -0.342 e. The Bertz CT molecular complexity index is 1120. The van der Waals surface area contributed by atoms with Crippen LogP contribution in [0.2, 0.25) is 0 Å². The number of aromatic nitrogens is 3. The fraction of sp³-hybridized carbons (Fsp3) is 0.182. The lowest BCUT2D eigenvalue weighted by Crippen LogP contribution is -2.29. The van der Waals surface area contributed by atoms with Crippen LogP contribution < -0.4 is 10.6 Å². The summed E-state index contributed by atoms with van der Waals surface area (Å²) in [6, 6.07) is 12.5. The number of halogens is 2. The van der Waals surface area contributed by atoms with Crippen LogP contribution in [0.1, 0.15) is 29.1 Å². The number of nitrogens with one attached hydrogen (secondary N) is 2. The fourth-order valence-electron chi connectivity index (χ4n) is 2.87. The van der Waals surface area contributed by atoms with E-state index in [9.17, 15) is 14.0 Å². The number of hydrogen-bond acceptors (Lipinski definition) is 5. The molecule has 0 aliphatic heterocycles. The van der Waals surface area contributed by atoms with Gasteiger partial charge in [-0.3, -0.25) is 9.59 Å². The Morgan fingerprint density at radius 1 is 1.22 bits per heavy atom. The molecule has 10 heteroatoms. The van der Waals surface area contributed by atoms with Gasteiger partial charge in [0, 0.05) is 16.7 Å². The Kier molecular flexibility index (Phi) is 8.18. The van der Waals surface area contributed by atoms with Gasteiger partial charge in [0.2, 0.25) is 5.91 Å². The predicted molar refractivity (Wildman–Crippen MR) is 126 cm³/mol. The van der Waals surface area contributed by atoms with Gasteiger partial charge in [0.15, 0.2) is 11.0 Å². The number of allylic oxidation sites excluding steroid dienone is 1. The summed E-state index contributed by atoms with van der Waals surface area (Å²) in [4.78, 5) is 24.7. The molecular formula is C22H21BrFN5O2S. The SMILES string of the molecule is C=CCn1c(SCC(=O)Nc2ccc(Br)cc2)nnc1[C@H](C)NC(=O)c1ccccc1F. The molecule has 0 aliphatic rings. The molecule has 2 aromatic carbocycles. The first-order valence-corrected chi connectivity index (χ1v) is 11.4. The lowest BCUT2D eigenvalue weighted by Gasteiger charge is -2.15. The Morgan fingerprint density at radius 3 is 2.62 bits per heavy atom. The van der Waals surface area contributed by atoms with E-state index >= 15 is 0 Å². The lowest BCUT2D eigenvalue weighted by atomic mass is 10.2. The second kappa shape index (κ2) is 11.1. The van der Waals surface area contributed by atoms with Gasteiger partial charge in [-0.15, -0.1) is 16.8 Å². The molecule has 2 N–H and O–H groups in total. The van der Waals surface area contributed by atoms with E-state index < -0.39 is 17.8 Å². The van der Waals surface area contributed by atoms with Gasteiger partial charge >= 0.3 is 0 Å². The largest absolute Gasteiger partial charge is 0.342 e. The van der Waals surface area contributed by atoms with Crippen molar-refractivity contribution >= 4 is 45.2 Å². The van der Waals surface area contributed by atoms with E-state index in [0.29, 0.717) is 23.2 Å². The van der Waals surface area contributed by atoms with E-state index in [1.165, 1.54) is 30.0 Å². The van der Waals surface area contributed by atoms with E-state index in [1.807, 2.05) is 12.1 Å². The highest BCUT2D eigenvalue weighted by Gasteiger charge is 2.21. The zero-order valence-corrected chi connectivity index (χ0v) is 19.6. The first-order chi connectivity index (χ1) is 15.4. The van der Waals surface area contributed by atoms with Crippen LogP contribution in [0.4, 0.5) is 10.1 Å². The highest BCUT2D eigenvalue weighted by molar-refractivity contribution is 9.10. The van der Waals surface area contributed by atoms with Gasteiger partial charge in [0.05, 0.1) is 17.4 Å². The van der Waals surface area contributed by atoms with Gasteiger partial charge in [-0.05, 0) is 43.3 Å². The summed E-state index contributed by atoms with van der Waals surface area (Å²) in [7, 11) is 0. The molecule has 0 saturated carbocycles. The number of carbonyl (C=O) groups is 2. The minimum atomic E-state index is -0.599. The van der Waals surface area contributed by atoms with Crippen molar-refractivity contribution in [2.75, 3.05) is 11.1 Å². The second-order valence-corrected chi connectivity index (χ2v) is 8.62. The average Bonchev–Trinajstić information content (AvgIpc) is 3.17. The first kappa shape index (κ1) is 23.7. The molecule has 0 radical (unpaired) electrons. The Hall–Kier alpha value is -2.98. The molecule has 1 aromatic heterocycles. The Morgan fingerprint density at radius 2 is 1.94 bits per heavy atom. The number of nitrogens with zero attached hydrogens (tertiary/aromatic N) is 3. The Labute approximate surface area is 197 Å². The van der Waals surface area contributed by atoms with Gasteiger partial charge in [-0.1, -0.05) is 45.9 Å². The van der Waals surface area contributed by atoms with E-state index in [-0.39, 0.29) is 17.2 Å². The average molecular weight is 518 g/mol.